The zero-order chi connectivity index (χ0) is 26.1. The van der Waals surface area contributed by atoms with Crippen LogP contribution in [0.15, 0.2) is 40.5 Å². The van der Waals surface area contributed by atoms with E-state index in [1.54, 1.807) is 11.3 Å². The van der Waals surface area contributed by atoms with Crippen molar-refractivity contribution < 1.29 is 4.74 Å². The number of benzene rings is 1. The van der Waals surface area contributed by atoms with Crippen LogP contribution in [0.5, 0.6) is 0 Å². The highest BCUT2D eigenvalue weighted by atomic mass is 32.1. The largest absolute Gasteiger partial charge is 0.377 e. The Bertz CT molecular complexity index is 1430. The molecule has 2 aliphatic rings. The van der Waals surface area contributed by atoms with Gasteiger partial charge in [-0.15, -0.1) is 16.4 Å². The first-order valence-electron chi connectivity index (χ1n) is 13.9. The average molecular weight is 533 g/mol. The molecular formula is C29H36N6O2S. The summed E-state index contributed by atoms with van der Waals surface area (Å²) in [6.45, 7) is 6.34. The zero-order valence-corrected chi connectivity index (χ0v) is 23.0. The van der Waals surface area contributed by atoms with Gasteiger partial charge in [-0.05, 0) is 78.6 Å². The zero-order valence-electron chi connectivity index (χ0n) is 22.2. The number of H-pyrrole nitrogens is 1. The number of nitrogens with one attached hydrogen (secondary N) is 1. The molecule has 0 bridgehead atoms. The third kappa shape index (κ3) is 5.07. The van der Waals surface area contributed by atoms with Crippen LogP contribution in [0.2, 0.25) is 0 Å². The van der Waals surface area contributed by atoms with E-state index >= 15 is 0 Å². The summed E-state index contributed by atoms with van der Waals surface area (Å²) in [5.74, 6) is 0.751. The molecule has 8 nitrogen and oxygen atoms in total. The van der Waals surface area contributed by atoms with E-state index in [0.717, 1.165) is 60.1 Å². The number of fused-ring (bicyclic) bond motifs is 1. The van der Waals surface area contributed by atoms with Crippen molar-refractivity contribution in [3.63, 3.8) is 0 Å². The van der Waals surface area contributed by atoms with Crippen LogP contribution in [-0.2, 0) is 11.3 Å². The molecule has 1 saturated heterocycles. The Kier molecular flexibility index (Phi) is 7.41. The van der Waals surface area contributed by atoms with Crippen molar-refractivity contribution in [1.29, 1.82) is 0 Å². The molecule has 38 heavy (non-hydrogen) atoms. The number of pyridine rings is 1. The first-order valence-corrected chi connectivity index (χ1v) is 14.8. The number of rotatable bonds is 8. The van der Waals surface area contributed by atoms with Gasteiger partial charge < -0.3 is 9.72 Å². The van der Waals surface area contributed by atoms with E-state index < -0.39 is 6.04 Å². The fourth-order valence-electron chi connectivity index (χ4n) is 6.17. The van der Waals surface area contributed by atoms with Crippen molar-refractivity contribution in [3.8, 4) is 0 Å². The molecule has 4 heterocycles. The highest BCUT2D eigenvalue weighted by molar-refractivity contribution is 7.09. The predicted molar refractivity (Wildman–Crippen MR) is 150 cm³/mol. The first kappa shape index (κ1) is 25.4. The number of hydrogen-bond donors (Lipinski definition) is 1. The molecule has 1 saturated carbocycles. The summed E-state index contributed by atoms with van der Waals surface area (Å²) in [5.41, 5.74) is 3.70. The van der Waals surface area contributed by atoms with E-state index in [0.29, 0.717) is 18.7 Å². The van der Waals surface area contributed by atoms with Gasteiger partial charge in [-0.2, -0.15) is 0 Å². The van der Waals surface area contributed by atoms with Crippen molar-refractivity contribution in [3.05, 3.63) is 73.5 Å². The third-order valence-corrected chi connectivity index (χ3v) is 9.08. The molecule has 2 atom stereocenters. The smallest absolute Gasteiger partial charge is 0.253 e. The summed E-state index contributed by atoms with van der Waals surface area (Å²) < 4.78 is 8.13. The Morgan fingerprint density at radius 2 is 1.97 bits per heavy atom. The van der Waals surface area contributed by atoms with Crippen molar-refractivity contribution in [2.45, 2.75) is 83.5 Å². The molecule has 0 radical (unpaired) electrons. The molecule has 0 spiro atoms. The number of aryl methyl sites for hydroxylation is 2. The summed E-state index contributed by atoms with van der Waals surface area (Å²) >= 11 is 1.74. The van der Waals surface area contributed by atoms with Crippen LogP contribution in [0.1, 0.15) is 84.4 Å². The van der Waals surface area contributed by atoms with E-state index in [2.05, 4.69) is 68.0 Å². The first-order chi connectivity index (χ1) is 18.6. The molecular weight excluding hydrogens is 496 g/mol. The monoisotopic (exact) mass is 532 g/mol. The molecule has 1 N–H and O–H groups in total. The van der Waals surface area contributed by atoms with E-state index in [-0.39, 0.29) is 17.7 Å². The van der Waals surface area contributed by atoms with Gasteiger partial charge in [0.25, 0.3) is 5.56 Å². The fourth-order valence-corrected chi connectivity index (χ4v) is 6.90. The molecule has 0 unspecified atom stereocenters. The van der Waals surface area contributed by atoms with Gasteiger partial charge in [0.15, 0.2) is 5.82 Å². The Balaban J connectivity index is 1.52. The van der Waals surface area contributed by atoms with E-state index in [1.165, 1.54) is 24.1 Å². The summed E-state index contributed by atoms with van der Waals surface area (Å²) in [7, 11) is 0. The van der Waals surface area contributed by atoms with Crippen molar-refractivity contribution >= 4 is 22.2 Å². The van der Waals surface area contributed by atoms with Crippen molar-refractivity contribution in [1.82, 2.24) is 30.1 Å². The number of ether oxygens (including phenoxy) is 1. The second-order valence-corrected chi connectivity index (χ2v) is 11.9. The minimum absolute atomic E-state index is 0.0853. The van der Waals surface area contributed by atoms with Crippen LogP contribution >= 0.6 is 11.3 Å². The van der Waals surface area contributed by atoms with Gasteiger partial charge in [-0.3, -0.25) is 9.69 Å². The number of aromatic amines is 1. The highest BCUT2D eigenvalue weighted by Crippen LogP contribution is 2.35. The Hall–Kier alpha value is -2.88. The minimum Gasteiger partial charge on any atom is -0.377 e. The number of tetrazole rings is 1. The van der Waals surface area contributed by atoms with Crippen LogP contribution < -0.4 is 5.56 Å². The van der Waals surface area contributed by atoms with Gasteiger partial charge in [0.05, 0.1) is 17.7 Å². The molecule has 1 aromatic carbocycles. The summed E-state index contributed by atoms with van der Waals surface area (Å²) in [5, 5.41) is 16.5. The summed E-state index contributed by atoms with van der Waals surface area (Å²) in [6.07, 6.45) is 7.95. The standard InChI is InChI=1S/C29H36N6O2S/c1-19-12-13-20(2)26-24(19)16-25(29(36)30-26)27(28-31-32-33-35(28)21-8-4-3-5-9-21)34(17-22-10-6-14-37-22)18-23-11-7-15-38-23/h7,11-13,15-16,21-22,27H,3-6,8-10,14,17-18H2,1-2H3,(H,30,36)/t22-,27-/m0/s1. The molecule has 200 valence electrons. The second-order valence-electron chi connectivity index (χ2n) is 10.9. The molecule has 1 aliphatic heterocycles. The summed E-state index contributed by atoms with van der Waals surface area (Å²) in [4.78, 5) is 20.7. The van der Waals surface area contributed by atoms with Crippen LogP contribution in [0.25, 0.3) is 10.9 Å². The fraction of sp³-hybridized carbons (Fsp3) is 0.517. The number of thiophene rings is 1. The van der Waals surface area contributed by atoms with Crippen LogP contribution in [0, 0.1) is 13.8 Å². The Labute approximate surface area is 227 Å². The van der Waals surface area contributed by atoms with Crippen LogP contribution in [0.3, 0.4) is 0 Å². The lowest BCUT2D eigenvalue weighted by Crippen LogP contribution is -2.39. The molecule has 3 aromatic heterocycles. The third-order valence-electron chi connectivity index (χ3n) is 8.22. The SMILES string of the molecule is Cc1ccc(C)c2[nH]c(=O)c([C@@H](c3nnnn3C3CCCCC3)N(Cc3cccs3)C[C@@H]3CCCO3)cc12. The predicted octanol–water partition coefficient (Wildman–Crippen LogP) is 5.47. The molecule has 9 heteroatoms. The molecule has 4 aromatic rings. The lowest BCUT2D eigenvalue weighted by atomic mass is 9.94. The van der Waals surface area contributed by atoms with Crippen molar-refractivity contribution in [2.75, 3.05) is 13.2 Å². The number of nitrogens with zero attached hydrogens (tertiary/aromatic N) is 5. The Morgan fingerprint density at radius 3 is 2.74 bits per heavy atom. The van der Waals surface area contributed by atoms with Gasteiger partial charge in [0.2, 0.25) is 0 Å². The maximum Gasteiger partial charge on any atom is 0.253 e. The van der Waals surface area contributed by atoms with Gasteiger partial charge in [0, 0.05) is 35.5 Å². The maximum absolute atomic E-state index is 13.9. The maximum atomic E-state index is 13.9. The van der Waals surface area contributed by atoms with E-state index in [1.807, 2.05) is 11.6 Å². The highest BCUT2D eigenvalue weighted by Gasteiger charge is 2.35. The minimum atomic E-state index is -0.397. The average Bonchev–Trinajstić information content (AvgIpc) is 3.72. The topological polar surface area (TPSA) is 88.9 Å². The Morgan fingerprint density at radius 1 is 1.13 bits per heavy atom. The molecule has 2 fully saturated rings. The second kappa shape index (κ2) is 11.1. The lowest BCUT2D eigenvalue weighted by Gasteiger charge is -2.33. The summed E-state index contributed by atoms with van der Waals surface area (Å²) in [6, 6.07) is 10.4. The molecule has 1 aliphatic carbocycles. The van der Waals surface area contributed by atoms with Crippen LogP contribution in [-0.4, -0.2) is 49.3 Å². The molecule has 0 amide bonds. The van der Waals surface area contributed by atoms with E-state index in [9.17, 15) is 4.79 Å². The van der Waals surface area contributed by atoms with Gasteiger partial charge in [-0.1, -0.05) is 37.5 Å². The van der Waals surface area contributed by atoms with Gasteiger partial charge in [0.1, 0.15) is 6.04 Å². The normalized spacial score (nSPS) is 19.5. The lowest BCUT2D eigenvalue weighted by molar-refractivity contribution is 0.0571. The van der Waals surface area contributed by atoms with E-state index in [4.69, 9.17) is 4.74 Å². The number of hydrogen-bond acceptors (Lipinski definition) is 7. The van der Waals surface area contributed by atoms with Gasteiger partial charge >= 0.3 is 0 Å². The van der Waals surface area contributed by atoms with Crippen molar-refractivity contribution in [2.24, 2.45) is 0 Å². The quantitative estimate of drug-likeness (QED) is 0.324. The molecule has 6 rings (SSSR count). The number of aromatic nitrogens is 5. The van der Waals surface area contributed by atoms with Crippen LogP contribution in [0.4, 0.5) is 0 Å². The van der Waals surface area contributed by atoms with Gasteiger partial charge in [-0.25, -0.2) is 4.68 Å².